The van der Waals surface area contributed by atoms with E-state index < -0.39 is 11.5 Å². The summed E-state index contributed by atoms with van der Waals surface area (Å²) >= 11 is 0. The lowest BCUT2D eigenvalue weighted by Gasteiger charge is -2.37. The molecule has 1 N–H and O–H groups in total. The van der Waals surface area contributed by atoms with Gasteiger partial charge >= 0.3 is 6.09 Å². The summed E-state index contributed by atoms with van der Waals surface area (Å²) in [4.78, 5) is 43.4. The van der Waals surface area contributed by atoms with Crippen molar-refractivity contribution in [3.63, 3.8) is 0 Å². The lowest BCUT2D eigenvalue weighted by molar-refractivity contribution is -0.134. The minimum atomic E-state index is -0.449. The SMILES string of the molecule is Cn1nc(C2CCC(=O)NC2=O)c2cccc(N3CCN(CC4[C@H]5CN(C(=O)OC(C)(C)C)C[C@@H]45)CC3)c21. The number of piperazine rings is 1. The van der Waals surface area contributed by atoms with E-state index in [4.69, 9.17) is 9.84 Å². The number of imide groups is 1. The largest absolute Gasteiger partial charge is 0.444 e. The van der Waals surface area contributed by atoms with Crippen LogP contribution in [0.4, 0.5) is 10.5 Å². The fourth-order valence-corrected chi connectivity index (χ4v) is 6.68. The first-order valence-corrected chi connectivity index (χ1v) is 13.8. The summed E-state index contributed by atoms with van der Waals surface area (Å²) in [6, 6.07) is 6.22. The Morgan fingerprint density at radius 3 is 2.47 bits per heavy atom. The van der Waals surface area contributed by atoms with E-state index >= 15 is 0 Å². The van der Waals surface area contributed by atoms with Gasteiger partial charge in [0.25, 0.3) is 0 Å². The second-order valence-corrected chi connectivity index (χ2v) is 12.4. The van der Waals surface area contributed by atoms with Crippen LogP contribution in [-0.2, 0) is 21.4 Å². The first-order valence-electron chi connectivity index (χ1n) is 13.8. The molecule has 3 aliphatic heterocycles. The Labute approximate surface area is 223 Å². The maximum atomic E-state index is 12.5. The number of benzene rings is 1. The number of carbonyl (C=O) groups is 3. The minimum absolute atomic E-state index is 0.179. The van der Waals surface area contributed by atoms with Crippen LogP contribution in [0.5, 0.6) is 0 Å². The molecule has 0 radical (unpaired) electrons. The number of ether oxygens (including phenoxy) is 1. The molecule has 2 aromatic rings. The Balaban J connectivity index is 1.06. The second kappa shape index (κ2) is 9.25. The van der Waals surface area contributed by atoms with Crippen molar-refractivity contribution in [3.05, 3.63) is 23.9 Å². The van der Waals surface area contributed by atoms with Gasteiger partial charge in [0.1, 0.15) is 5.60 Å². The molecule has 38 heavy (non-hydrogen) atoms. The first kappa shape index (κ1) is 25.2. The van der Waals surface area contributed by atoms with Crippen LogP contribution in [0.2, 0.25) is 0 Å². The van der Waals surface area contributed by atoms with Crippen molar-refractivity contribution in [2.75, 3.05) is 50.7 Å². The number of nitrogens with zero attached hydrogens (tertiary/aromatic N) is 5. The Hall–Kier alpha value is -3.14. The van der Waals surface area contributed by atoms with Crippen LogP contribution in [-0.4, -0.2) is 88.9 Å². The van der Waals surface area contributed by atoms with Crippen LogP contribution < -0.4 is 10.2 Å². The van der Waals surface area contributed by atoms with Crippen LogP contribution >= 0.6 is 0 Å². The maximum absolute atomic E-state index is 12.5. The number of hydrogen-bond donors (Lipinski definition) is 1. The average molecular weight is 523 g/mol. The number of hydrogen-bond acceptors (Lipinski definition) is 7. The third-order valence-electron chi connectivity index (χ3n) is 8.65. The fraction of sp³-hybridized carbons (Fsp3) is 0.643. The van der Waals surface area contributed by atoms with Crippen LogP contribution in [0.3, 0.4) is 0 Å². The smallest absolute Gasteiger partial charge is 0.410 e. The summed E-state index contributed by atoms with van der Waals surface area (Å²) in [6.45, 7) is 12.3. The van der Waals surface area contributed by atoms with Gasteiger partial charge in [-0.2, -0.15) is 5.10 Å². The second-order valence-electron chi connectivity index (χ2n) is 12.4. The summed E-state index contributed by atoms with van der Waals surface area (Å²) < 4.78 is 7.43. The summed E-state index contributed by atoms with van der Waals surface area (Å²) in [5.74, 6) is 1.04. The van der Waals surface area contributed by atoms with Gasteiger partial charge in [-0.1, -0.05) is 12.1 Å². The molecule has 4 atom stereocenters. The zero-order valence-corrected chi connectivity index (χ0v) is 22.8. The lowest BCUT2D eigenvalue weighted by atomic mass is 9.92. The quantitative estimate of drug-likeness (QED) is 0.615. The van der Waals surface area contributed by atoms with Gasteiger partial charge in [0.15, 0.2) is 0 Å². The van der Waals surface area contributed by atoms with Gasteiger partial charge in [-0.05, 0) is 51.0 Å². The van der Waals surface area contributed by atoms with Gasteiger partial charge in [0.05, 0.1) is 22.8 Å². The molecule has 0 bridgehead atoms. The zero-order chi connectivity index (χ0) is 26.8. The highest BCUT2D eigenvalue weighted by Gasteiger charge is 2.57. The Kier molecular flexibility index (Phi) is 6.13. The molecule has 1 saturated carbocycles. The molecule has 0 spiro atoms. The van der Waals surface area contributed by atoms with Crippen molar-refractivity contribution < 1.29 is 19.1 Å². The number of carbonyl (C=O) groups excluding carboxylic acids is 3. The molecule has 204 valence electrons. The van der Waals surface area contributed by atoms with Crippen LogP contribution in [0.15, 0.2) is 18.2 Å². The van der Waals surface area contributed by atoms with Crippen LogP contribution in [0.1, 0.15) is 45.2 Å². The molecule has 1 aliphatic carbocycles. The summed E-state index contributed by atoms with van der Waals surface area (Å²) in [5.41, 5.74) is 2.50. The van der Waals surface area contributed by atoms with Crippen LogP contribution in [0, 0.1) is 17.8 Å². The number of fused-ring (bicyclic) bond motifs is 2. The highest BCUT2D eigenvalue weighted by molar-refractivity contribution is 6.03. The van der Waals surface area contributed by atoms with Crippen molar-refractivity contribution in [2.45, 2.75) is 45.1 Å². The average Bonchev–Trinajstić information content (AvgIpc) is 3.16. The number of amides is 3. The fourth-order valence-electron chi connectivity index (χ4n) is 6.68. The van der Waals surface area contributed by atoms with E-state index in [1.54, 1.807) is 0 Å². The van der Waals surface area contributed by atoms with Gasteiger partial charge in [0.2, 0.25) is 11.8 Å². The molecule has 3 amide bonds. The molecule has 6 rings (SSSR count). The number of nitrogens with one attached hydrogen (secondary N) is 1. The van der Waals surface area contributed by atoms with E-state index in [2.05, 4.69) is 21.2 Å². The summed E-state index contributed by atoms with van der Waals surface area (Å²) in [7, 11) is 1.93. The van der Waals surface area contributed by atoms with Crippen LogP contribution in [0.25, 0.3) is 10.9 Å². The standard InChI is InChI=1S/C28H38N6O4/c1-28(2,3)38-27(37)34-15-20-19(21(20)16-34)14-32-10-12-33(13-11-32)22-7-5-6-17-24(30-31(4)25(17)22)18-8-9-23(35)29-26(18)36/h5-7,18-21H,8-16H2,1-4H3,(H,29,35,36)/t18?,19?,20-,21+. The monoisotopic (exact) mass is 522 g/mol. The molecule has 4 fully saturated rings. The van der Waals surface area contributed by atoms with Gasteiger partial charge in [-0.3, -0.25) is 24.5 Å². The van der Waals surface area contributed by atoms with Gasteiger partial charge in [0, 0.05) is 64.7 Å². The third kappa shape index (κ3) is 4.63. The van der Waals surface area contributed by atoms with Crippen molar-refractivity contribution in [3.8, 4) is 0 Å². The zero-order valence-electron chi connectivity index (χ0n) is 22.8. The number of rotatable bonds is 4. The van der Waals surface area contributed by atoms with E-state index in [-0.39, 0.29) is 17.9 Å². The number of aromatic nitrogens is 2. The number of anilines is 1. The van der Waals surface area contributed by atoms with E-state index in [0.29, 0.717) is 30.6 Å². The van der Waals surface area contributed by atoms with Gasteiger partial charge in [-0.25, -0.2) is 4.79 Å². The first-order chi connectivity index (χ1) is 18.1. The number of likely N-dealkylation sites (tertiary alicyclic amines) is 1. The molecule has 10 nitrogen and oxygen atoms in total. The normalized spacial score (nSPS) is 28.0. The van der Waals surface area contributed by atoms with E-state index in [0.717, 1.165) is 68.1 Å². The van der Waals surface area contributed by atoms with Gasteiger partial charge < -0.3 is 14.5 Å². The molecule has 2 unspecified atom stereocenters. The van der Waals surface area contributed by atoms with E-state index in [1.807, 2.05) is 49.5 Å². The summed E-state index contributed by atoms with van der Waals surface area (Å²) in [5, 5.41) is 8.20. The predicted molar refractivity (Wildman–Crippen MR) is 143 cm³/mol. The maximum Gasteiger partial charge on any atom is 0.410 e. The lowest BCUT2D eigenvalue weighted by Crippen LogP contribution is -2.47. The molecule has 10 heteroatoms. The Morgan fingerprint density at radius 1 is 1.11 bits per heavy atom. The Bertz CT molecular complexity index is 1260. The molecule has 1 aromatic carbocycles. The van der Waals surface area contributed by atoms with Crippen molar-refractivity contribution in [1.29, 1.82) is 0 Å². The predicted octanol–water partition coefficient (Wildman–Crippen LogP) is 2.33. The van der Waals surface area contributed by atoms with Crippen molar-refractivity contribution in [2.24, 2.45) is 24.8 Å². The molecule has 4 aliphatic rings. The third-order valence-corrected chi connectivity index (χ3v) is 8.65. The summed E-state index contributed by atoms with van der Waals surface area (Å²) in [6.07, 6.45) is 0.665. The Morgan fingerprint density at radius 2 is 1.82 bits per heavy atom. The topological polar surface area (TPSA) is 100 Å². The van der Waals surface area contributed by atoms with E-state index in [1.165, 1.54) is 0 Å². The molecule has 4 heterocycles. The minimum Gasteiger partial charge on any atom is -0.444 e. The van der Waals surface area contributed by atoms with E-state index in [9.17, 15) is 14.4 Å². The highest BCUT2D eigenvalue weighted by Crippen LogP contribution is 2.52. The molecular formula is C28H38N6O4. The molecule has 3 saturated heterocycles. The molecule has 1 aromatic heterocycles. The number of piperidine rings is 2. The molecular weight excluding hydrogens is 484 g/mol. The number of aryl methyl sites for hydroxylation is 1. The van der Waals surface area contributed by atoms with Crippen molar-refractivity contribution >= 4 is 34.5 Å². The number of para-hydroxylation sites is 1. The van der Waals surface area contributed by atoms with Gasteiger partial charge in [-0.15, -0.1) is 0 Å². The highest BCUT2D eigenvalue weighted by atomic mass is 16.6. The van der Waals surface area contributed by atoms with Crippen molar-refractivity contribution in [1.82, 2.24) is 24.9 Å².